The Kier molecular flexibility index (Phi) is 5.37. The van der Waals surface area contributed by atoms with Gasteiger partial charge in [-0.05, 0) is 57.6 Å². The van der Waals surface area contributed by atoms with Gasteiger partial charge in [-0.1, -0.05) is 18.2 Å². The average Bonchev–Trinajstić information content (AvgIpc) is 3.38. The molecular weight excluding hydrogens is 400 g/mol. The van der Waals surface area contributed by atoms with E-state index in [1.165, 1.54) is 0 Å². The number of aromatic nitrogens is 3. The third kappa shape index (κ3) is 3.64. The number of carbonyl (C=O) groups is 1. The molecule has 168 valence electrons. The van der Waals surface area contributed by atoms with Gasteiger partial charge in [-0.2, -0.15) is 5.10 Å². The number of nitrogens with two attached hydrogens (primary N) is 1. The number of amides is 1. The summed E-state index contributed by atoms with van der Waals surface area (Å²) in [5.74, 6) is 1.10. The van der Waals surface area contributed by atoms with Gasteiger partial charge < -0.3 is 15.5 Å². The fourth-order valence-corrected chi connectivity index (χ4v) is 5.26. The van der Waals surface area contributed by atoms with Crippen molar-refractivity contribution in [3.8, 4) is 0 Å². The molecule has 2 saturated heterocycles. The molecule has 4 heterocycles. The van der Waals surface area contributed by atoms with Crippen LogP contribution in [0.25, 0.3) is 5.65 Å². The van der Waals surface area contributed by atoms with Gasteiger partial charge in [-0.25, -0.2) is 9.50 Å². The van der Waals surface area contributed by atoms with Gasteiger partial charge >= 0.3 is 0 Å². The van der Waals surface area contributed by atoms with E-state index >= 15 is 0 Å². The number of benzene rings is 1. The van der Waals surface area contributed by atoms with Gasteiger partial charge in [0.25, 0.3) is 5.91 Å². The first-order valence-electron chi connectivity index (χ1n) is 11.7. The molecule has 0 radical (unpaired) electrons. The lowest BCUT2D eigenvalue weighted by Crippen LogP contribution is -2.39. The summed E-state index contributed by atoms with van der Waals surface area (Å²) < 4.78 is 1.86. The minimum Gasteiger partial charge on any atom is -0.355 e. The van der Waals surface area contributed by atoms with Gasteiger partial charge in [0, 0.05) is 49.1 Å². The number of rotatable bonds is 3. The van der Waals surface area contributed by atoms with Crippen molar-refractivity contribution < 1.29 is 4.79 Å². The Bertz CT molecular complexity index is 1150. The second-order valence-corrected chi connectivity index (χ2v) is 9.39. The monoisotopic (exact) mass is 432 g/mol. The Labute approximate surface area is 189 Å². The lowest BCUT2D eigenvalue weighted by atomic mass is 9.95. The number of nitrogens with zero attached hydrogens (tertiary/aromatic N) is 5. The maximum atomic E-state index is 13.6. The van der Waals surface area contributed by atoms with Crippen LogP contribution in [0.1, 0.15) is 64.5 Å². The van der Waals surface area contributed by atoms with Crippen molar-refractivity contribution in [1.29, 1.82) is 0 Å². The lowest BCUT2D eigenvalue weighted by molar-refractivity contribution is 0.0604. The largest absolute Gasteiger partial charge is 0.355 e. The molecule has 2 aliphatic heterocycles. The van der Waals surface area contributed by atoms with Crippen molar-refractivity contribution in [3.05, 3.63) is 58.4 Å². The van der Waals surface area contributed by atoms with Crippen LogP contribution in [0, 0.1) is 20.8 Å². The molecule has 2 aliphatic rings. The van der Waals surface area contributed by atoms with E-state index < -0.39 is 0 Å². The molecule has 0 unspecified atom stereocenters. The predicted octanol–water partition coefficient (Wildman–Crippen LogP) is 3.56. The molecule has 3 aromatic rings. The van der Waals surface area contributed by atoms with E-state index in [9.17, 15) is 4.79 Å². The molecule has 2 aromatic heterocycles. The normalized spacial score (nSPS) is 21.5. The molecule has 2 fully saturated rings. The van der Waals surface area contributed by atoms with E-state index in [-0.39, 0.29) is 18.0 Å². The van der Waals surface area contributed by atoms with Crippen LogP contribution >= 0.6 is 0 Å². The molecule has 0 aliphatic carbocycles. The van der Waals surface area contributed by atoms with Crippen LogP contribution in [0.2, 0.25) is 0 Å². The van der Waals surface area contributed by atoms with Gasteiger partial charge in [-0.3, -0.25) is 4.79 Å². The molecule has 2 N–H and O–H groups in total. The number of carbonyl (C=O) groups excluding carboxylic acids is 1. The topological polar surface area (TPSA) is 79.8 Å². The van der Waals surface area contributed by atoms with E-state index in [2.05, 4.69) is 17.9 Å². The zero-order chi connectivity index (χ0) is 22.4. The zero-order valence-corrected chi connectivity index (χ0v) is 19.2. The summed E-state index contributed by atoms with van der Waals surface area (Å²) in [6.45, 7) is 8.64. The maximum absolute atomic E-state index is 13.6. The summed E-state index contributed by atoms with van der Waals surface area (Å²) in [6.07, 6.45) is 6.09. The van der Waals surface area contributed by atoms with Crippen LogP contribution < -0.4 is 10.6 Å². The molecule has 1 amide bonds. The van der Waals surface area contributed by atoms with Crippen molar-refractivity contribution in [3.63, 3.8) is 0 Å². The molecule has 5 rings (SSSR count). The smallest absolute Gasteiger partial charge is 0.254 e. The third-order valence-electron chi connectivity index (χ3n) is 6.95. The SMILES string of the molecule is Cc1cn2nc([C@@H]3CCCCN3C(=O)c3c(C)cccc3C)cc2nc1N1CC[C@H](N)C1. The maximum Gasteiger partial charge on any atom is 0.254 e. The Morgan fingerprint density at radius 3 is 2.56 bits per heavy atom. The molecule has 2 atom stereocenters. The fourth-order valence-electron chi connectivity index (χ4n) is 5.26. The number of hydrogen-bond acceptors (Lipinski definition) is 5. The van der Waals surface area contributed by atoms with Gasteiger partial charge in [0.1, 0.15) is 5.82 Å². The van der Waals surface area contributed by atoms with Gasteiger partial charge in [0.2, 0.25) is 0 Å². The summed E-state index contributed by atoms with van der Waals surface area (Å²) in [6, 6.07) is 8.28. The number of likely N-dealkylation sites (tertiary alicyclic amines) is 1. The highest BCUT2D eigenvalue weighted by atomic mass is 16.2. The number of piperidine rings is 1. The number of aryl methyl sites for hydroxylation is 3. The van der Waals surface area contributed by atoms with Crippen LogP contribution in [0.5, 0.6) is 0 Å². The van der Waals surface area contributed by atoms with E-state index in [1.54, 1.807) is 0 Å². The zero-order valence-electron chi connectivity index (χ0n) is 19.2. The third-order valence-corrected chi connectivity index (χ3v) is 6.95. The first kappa shape index (κ1) is 20.9. The standard InChI is InChI=1S/C25H32N6O/c1-16-7-6-8-17(2)23(16)25(32)30-11-5-4-9-21(30)20-13-22-27-24(18(3)14-31(22)28-20)29-12-10-19(26)15-29/h6-8,13-14,19,21H,4-5,9-12,15,26H2,1-3H3/t19-,21-/m0/s1. The van der Waals surface area contributed by atoms with Crippen LogP contribution in [0.3, 0.4) is 0 Å². The number of anilines is 1. The molecular formula is C25H32N6O. The van der Waals surface area contributed by atoms with Crippen molar-refractivity contribution in [2.75, 3.05) is 24.5 Å². The quantitative estimate of drug-likeness (QED) is 0.685. The summed E-state index contributed by atoms with van der Waals surface area (Å²) in [5.41, 5.74) is 11.8. The van der Waals surface area contributed by atoms with E-state index in [0.717, 1.165) is 84.7 Å². The van der Waals surface area contributed by atoms with Crippen molar-refractivity contribution in [2.24, 2.45) is 5.73 Å². The first-order valence-corrected chi connectivity index (χ1v) is 11.7. The van der Waals surface area contributed by atoms with Crippen molar-refractivity contribution in [2.45, 2.75) is 58.5 Å². The average molecular weight is 433 g/mol. The highest BCUT2D eigenvalue weighted by Crippen LogP contribution is 2.33. The number of hydrogen-bond donors (Lipinski definition) is 1. The predicted molar refractivity (Wildman–Crippen MR) is 126 cm³/mol. The molecule has 0 spiro atoms. The second-order valence-electron chi connectivity index (χ2n) is 9.39. The van der Waals surface area contributed by atoms with Crippen molar-refractivity contribution >= 4 is 17.4 Å². The minimum absolute atomic E-state index is 0.0269. The lowest BCUT2D eigenvalue weighted by Gasteiger charge is -2.35. The van der Waals surface area contributed by atoms with Gasteiger partial charge in [-0.15, -0.1) is 0 Å². The van der Waals surface area contributed by atoms with E-state index in [0.29, 0.717) is 0 Å². The summed E-state index contributed by atoms with van der Waals surface area (Å²) in [5, 5.41) is 4.87. The van der Waals surface area contributed by atoms with E-state index in [1.807, 2.05) is 47.7 Å². The molecule has 0 saturated carbocycles. The van der Waals surface area contributed by atoms with Gasteiger partial charge in [0.15, 0.2) is 5.65 Å². The second kappa shape index (κ2) is 8.20. The Morgan fingerprint density at radius 1 is 1.06 bits per heavy atom. The highest BCUT2D eigenvalue weighted by molar-refractivity contribution is 5.97. The Balaban J connectivity index is 1.49. The molecule has 1 aromatic carbocycles. The minimum atomic E-state index is -0.0269. The Morgan fingerprint density at radius 2 is 1.84 bits per heavy atom. The van der Waals surface area contributed by atoms with Crippen LogP contribution in [-0.2, 0) is 0 Å². The highest BCUT2D eigenvalue weighted by Gasteiger charge is 2.32. The first-order chi connectivity index (χ1) is 15.4. The molecule has 7 heteroatoms. The van der Waals surface area contributed by atoms with E-state index in [4.69, 9.17) is 15.8 Å². The summed E-state index contributed by atoms with van der Waals surface area (Å²) >= 11 is 0. The van der Waals surface area contributed by atoms with Crippen LogP contribution in [0.4, 0.5) is 5.82 Å². The fraction of sp³-hybridized carbons (Fsp3) is 0.480. The molecule has 0 bridgehead atoms. The van der Waals surface area contributed by atoms with Crippen LogP contribution in [0.15, 0.2) is 30.5 Å². The van der Waals surface area contributed by atoms with Gasteiger partial charge in [0.05, 0.1) is 11.7 Å². The summed E-state index contributed by atoms with van der Waals surface area (Å²) in [4.78, 5) is 22.8. The number of fused-ring (bicyclic) bond motifs is 1. The molecule has 32 heavy (non-hydrogen) atoms. The van der Waals surface area contributed by atoms with Crippen molar-refractivity contribution in [1.82, 2.24) is 19.5 Å². The van der Waals surface area contributed by atoms with Crippen LogP contribution in [-0.4, -0.2) is 51.1 Å². The molecule has 7 nitrogen and oxygen atoms in total. The Hall–Kier alpha value is -2.93. The summed E-state index contributed by atoms with van der Waals surface area (Å²) in [7, 11) is 0.